The number of carbonyl (C=O) groups excluding carboxylic acids is 2. The molecule has 1 aliphatic rings. The van der Waals surface area contributed by atoms with Gasteiger partial charge in [0.25, 0.3) is 5.91 Å². The highest BCUT2D eigenvalue weighted by Gasteiger charge is 2.18. The van der Waals surface area contributed by atoms with Crippen LogP contribution in [0.2, 0.25) is 0 Å². The number of piperazine rings is 1. The largest absolute Gasteiger partial charge is 0.350 e. The Hall–Kier alpha value is -2.18. The molecule has 1 fully saturated rings. The van der Waals surface area contributed by atoms with Crippen molar-refractivity contribution >= 4 is 18.3 Å². The number of rotatable bonds is 5. The summed E-state index contributed by atoms with van der Waals surface area (Å²) in [5, 5.41) is 2.88. The lowest BCUT2D eigenvalue weighted by Gasteiger charge is -2.32. The second-order valence-electron chi connectivity index (χ2n) is 5.18. The molecule has 2 heterocycles. The molecule has 2 rings (SSSR count). The maximum absolute atomic E-state index is 11.9. The fourth-order valence-corrected chi connectivity index (χ4v) is 2.04. The number of amides is 2. The molecule has 114 valence electrons. The molecule has 1 aromatic heterocycles. The number of carbonyl (C=O) groups is 2. The van der Waals surface area contributed by atoms with E-state index in [9.17, 15) is 9.59 Å². The number of anilines is 1. The van der Waals surface area contributed by atoms with Gasteiger partial charge in [0.2, 0.25) is 12.4 Å². The zero-order valence-corrected chi connectivity index (χ0v) is 12.5. The second kappa shape index (κ2) is 7.01. The average Bonchev–Trinajstić information content (AvgIpc) is 2.55. The van der Waals surface area contributed by atoms with Crippen molar-refractivity contribution in [2.75, 3.05) is 31.1 Å². The maximum atomic E-state index is 11.9. The summed E-state index contributed by atoms with van der Waals surface area (Å²) < 4.78 is 0. The van der Waals surface area contributed by atoms with Crippen LogP contribution in [0.4, 0.5) is 5.95 Å². The van der Waals surface area contributed by atoms with Gasteiger partial charge in [0, 0.05) is 44.6 Å². The summed E-state index contributed by atoms with van der Waals surface area (Å²) in [5.74, 6) is 0.447. The topological polar surface area (TPSA) is 78.4 Å². The number of nitrogens with zero attached hydrogens (tertiary/aromatic N) is 4. The Morgan fingerprint density at radius 2 is 1.95 bits per heavy atom. The minimum atomic E-state index is -0.151. The molecule has 1 aliphatic heterocycles. The molecule has 1 saturated heterocycles. The van der Waals surface area contributed by atoms with Gasteiger partial charge < -0.3 is 15.1 Å². The predicted molar refractivity (Wildman–Crippen MR) is 79.1 cm³/mol. The van der Waals surface area contributed by atoms with Crippen LogP contribution >= 0.6 is 0 Å². The van der Waals surface area contributed by atoms with Crippen LogP contribution in [0.5, 0.6) is 0 Å². The molecule has 1 aromatic rings. The molecule has 7 nitrogen and oxygen atoms in total. The molecule has 0 aromatic carbocycles. The third-order valence-electron chi connectivity index (χ3n) is 3.64. The third kappa shape index (κ3) is 3.90. The van der Waals surface area contributed by atoms with Gasteiger partial charge in [0.15, 0.2) is 0 Å². The standard InChI is InChI=1S/C14H21N5O2/c1-3-11(2)17-13(21)12-8-15-14(16-9-12)19-6-4-18(10-20)5-7-19/h8-11H,3-7H2,1-2H3,(H,17,21). The molecule has 0 spiro atoms. The molecule has 7 heteroatoms. The van der Waals surface area contributed by atoms with Gasteiger partial charge >= 0.3 is 0 Å². The molecule has 21 heavy (non-hydrogen) atoms. The quantitative estimate of drug-likeness (QED) is 0.789. The number of nitrogens with one attached hydrogen (secondary N) is 1. The summed E-state index contributed by atoms with van der Waals surface area (Å²) in [6.07, 6.45) is 4.84. The summed E-state index contributed by atoms with van der Waals surface area (Å²) in [4.78, 5) is 34.8. The first-order valence-electron chi connectivity index (χ1n) is 7.21. The van der Waals surface area contributed by atoms with Crippen molar-refractivity contribution in [2.45, 2.75) is 26.3 Å². The van der Waals surface area contributed by atoms with Crippen molar-refractivity contribution in [1.29, 1.82) is 0 Å². The Labute approximate surface area is 124 Å². The van der Waals surface area contributed by atoms with Crippen molar-refractivity contribution in [3.05, 3.63) is 18.0 Å². The Kier molecular flexibility index (Phi) is 5.08. The molecule has 0 aliphatic carbocycles. The highest BCUT2D eigenvalue weighted by Crippen LogP contribution is 2.10. The summed E-state index contributed by atoms with van der Waals surface area (Å²) in [7, 11) is 0. The van der Waals surface area contributed by atoms with Gasteiger partial charge in [0.1, 0.15) is 0 Å². The fraction of sp³-hybridized carbons (Fsp3) is 0.571. The molecule has 2 amide bonds. The predicted octanol–water partition coefficient (Wildman–Crippen LogP) is 0.283. The molecular weight excluding hydrogens is 270 g/mol. The van der Waals surface area contributed by atoms with Gasteiger partial charge in [-0.3, -0.25) is 9.59 Å². The van der Waals surface area contributed by atoms with E-state index in [-0.39, 0.29) is 11.9 Å². The van der Waals surface area contributed by atoms with Crippen LogP contribution in [-0.4, -0.2) is 59.4 Å². The minimum absolute atomic E-state index is 0.133. The van der Waals surface area contributed by atoms with Crippen LogP contribution in [0, 0.1) is 0 Å². The van der Waals surface area contributed by atoms with Crippen LogP contribution in [0.3, 0.4) is 0 Å². The van der Waals surface area contributed by atoms with E-state index in [2.05, 4.69) is 15.3 Å². The first-order chi connectivity index (χ1) is 10.1. The zero-order chi connectivity index (χ0) is 15.2. The van der Waals surface area contributed by atoms with Gasteiger partial charge in [-0.2, -0.15) is 0 Å². The second-order valence-corrected chi connectivity index (χ2v) is 5.18. The van der Waals surface area contributed by atoms with E-state index in [0.717, 1.165) is 12.8 Å². The molecule has 0 saturated carbocycles. The van der Waals surface area contributed by atoms with E-state index in [4.69, 9.17) is 0 Å². The Morgan fingerprint density at radius 1 is 1.33 bits per heavy atom. The van der Waals surface area contributed by atoms with Gasteiger partial charge in [-0.1, -0.05) is 6.92 Å². The third-order valence-corrected chi connectivity index (χ3v) is 3.64. The van der Waals surface area contributed by atoms with E-state index in [1.165, 1.54) is 0 Å². The summed E-state index contributed by atoms with van der Waals surface area (Å²) in [5.41, 5.74) is 0.463. The van der Waals surface area contributed by atoms with E-state index in [0.29, 0.717) is 37.7 Å². The van der Waals surface area contributed by atoms with Crippen molar-refractivity contribution in [2.24, 2.45) is 0 Å². The van der Waals surface area contributed by atoms with Crippen LogP contribution in [-0.2, 0) is 4.79 Å². The van der Waals surface area contributed by atoms with Crippen LogP contribution in [0.1, 0.15) is 30.6 Å². The highest BCUT2D eigenvalue weighted by molar-refractivity contribution is 5.93. The van der Waals surface area contributed by atoms with Crippen LogP contribution in [0.15, 0.2) is 12.4 Å². The normalized spacial score (nSPS) is 16.5. The minimum Gasteiger partial charge on any atom is -0.350 e. The first-order valence-corrected chi connectivity index (χ1v) is 7.21. The lowest BCUT2D eigenvalue weighted by Crippen LogP contribution is -2.46. The van der Waals surface area contributed by atoms with Crippen molar-refractivity contribution in [3.63, 3.8) is 0 Å². The van der Waals surface area contributed by atoms with Crippen molar-refractivity contribution in [3.8, 4) is 0 Å². The average molecular weight is 291 g/mol. The smallest absolute Gasteiger partial charge is 0.254 e. The highest BCUT2D eigenvalue weighted by atomic mass is 16.1. The number of aromatic nitrogens is 2. The Morgan fingerprint density at radius 3 is 2.48 bits per heavy atom. The zero-order valence-electron chi connectivity index (χ0n) is 12.5. The van der Waals surface area contributed by atoms with E-state index in [1.54, 1.807) is 17.3 Å². The van der Waals surface area contributed by atoms with E-state index < -0.39 is 0 Å². The summed E-state index contributed by atoms with van der Waals surface area (Å²) >= 11 is 0. The summed E-state index contributed by atoms with van der Waals surface area (Å²) in [6.45, 7) is 6.73. The monoisotopic (exact) mass is 291 g/mol. The Balaban J connectivity index is 1.96. The first kappa shape index (κ1) is 15.2. The molecule has 0 radical (unpaired) electrons. The number of hydrogen-bond acceptors (Lipinski definition) is 5. The van der Waals surface area contributed by atoms with E-state index in [1.807, 2.05) is 18.7 Å². The lowest BCUT2D eigenvalue weighted by atomic mass is 10.2. The molecule has 0 bridgehead atoms. The lowest BCUT2D eigenvalue weighted by molar-refractivity contribution is -0.118. The van der Waals surface area contributed by atoms with Gasteiger partial charge in [-0.25, -0.2) is 9.97 Å². The van der Waals surface area contributed by atoms with Crippen LogP contribution < -0.4 is 10.2 Å². The number of hydrogen-bond donors (Lipinski definition) is 1. The fourth-order valence-electron chi connectivity index (χ4n) is 2.04. The van der Waals surface area contributed by atoms with Crippen LogP contribution in [0.25, 0.3) is 0 Å². The van der Waals surface area contributed by atoms with E-state index >= 15 is 0 Å². The molecule has 1 N–H and O–H groups in total. The van der Waals surface area contributed by atoms with Gasteiger partial charge in [-0.15, -0.1) is 0 Å². The van der Waals surface area contributed by atoms with Gasteiger partial charge in [0.05, 0.1) is 5.56 Å². The van der Waals surface area contributed by atoms with Crippen molar-refractivity contribution in [1.82, 2.24) is 20.2 Å². The maximum Gasteiger partial charge on any atom is 0.254 e. The molecule has 1 atom stereocenters. The molecular formula is C14H21N5O2. The van der Waals surface area contributed by atoms with Crippen molar-refractivity contribution < 1.29 is 9.59 Å². The summed E-state index contributed by atoms with van der Waals surface area (Å²) in [6, 6.07) is 0.133. The van der Waals surface area contributed by atoms with Gasteiger partial charge in [-0.05, 0) is 13.3 Å². The Bertz CT molecular complexity index is 483. The molecule has 1 unspecified atom stereocenters. The SMILES string of the molecule is CCC(C)NC(=O)c1cnc(N2CCN(C=O)CC2)nc1.